The Bertz CT molecular complexity index is 605. The zero-order valence-corrected chi connectivity index (χ0v) is 14.3. The summed E-state index contributed by atoms with van der Waals surface area (Å²) in [5.41, 5.74) is 2.11. The first-order valence-electron chi connectivity index (χ1n) is 7.37. The molecule has 1 amide bonds. The molecule has 0 heterocycles. The topological polar surface area (TPSA) is 41.6 Å². The first-order valence-corrected chi connectivity index (χ1v) is 7.37. The summed E-state index contributed by atoms with van der Waals surface area (Å²) < 4.78 is 5.66. The van der Waals surface area contributed by atoms with Crippen molar-refractivity contribution in [1.82, 2.24) is 4.90 Å². The van der Waals surface area contributed by atoms with Gasteiger partial charge in [0.15, 0.2) is 0 Å². The van der Waals surface area contributed by atoms with Crippen molar-refractivity contribution in [2.24, 2.45) is 0 Å². The van der Waals surface area contributed by atoms with E-state index in [-0.39, 0.29) is 24.9 Å². The molecule has 0 saturated carbocycles. The number of hydrogen-bond acceptors (Lipinski definition) is 3. The quantitative estimate of drug-likeness (QED) is 0.844. The van der Waals surface area contributed by atoms with Crippen LogP contribution < -0.4 is 10.1 Å². The van der Waals surface area contributed by atoms with E-state index in [2.05, 4.69) is 5.32 Å². The Hall–Kier alpha value is -2.20. The Morgan fingerprint density at radius 2 is 1.87 bits per heavy atom. The lowest BCUT2D eigenvalue weighted by molar-refractivity contribution is -0.128. The van der Waals surface area contributed by atoms with E-state index in [4.69, 9.17) is 4.74 Å². The van der Waals surface area contributed by atoms with Gasteiger partial charge in [-0.3, -0.25) is 4.79 Å². The fourth-order valence-corrected chi connectivity index (χ4v) is 2.00. The zero-order chi connectivity index (χ0) is 15.8. The first-order chi connectivity index (χ1) is 10.6. The molecule has 0 fully saturated rings. The van der Waals surface area contributed by atoms with Crippen LogP contribution in [0.25, 0.3) is 0 Å². The Kier molecular flexibility index (Phi) is 7.98. The van der Waals surface area contributed by atoms with Gasteiger partial charge in [-0.05, 0) is 36.8 Å². The highest BCUT2D eigenvalue weighted by molar-refractivity contribution is 5.85. The standard InChI is InChI=1S/C18H22N2O2.ClH/c1-15-7-6-10-17(13-15)22-12-11-20(2)18(21)14-19-16-8-4-3-5-9-16;/h3-10,13,19H,11-12,14H2,1-2H3;1H. The van der Waals surface area contributed by atoms with Gasteiger partial charge in [-0.15, -0.1) is 12.4 Å². The number of rotatable bonds is 7. The van der Waals surface area contributed by atoms with Crippen molar-refractivity contribution < 1.29 is 9.53 Å². The van der Waals surface area contributed by atoms with Gasteiger partial charge in [0, 0.05) is 12.7 Å². The van der Waals surface area contributed by atoms with Crippen LogP contribution in [0.5, 0.6) is 5.75 Å². The van der Waals surface area contributed by atoms with E-state index < -0.39 is 0 Å². The van der Waals surface area contributed by atoms with E-state index in [1.165, 1.54) is 0 Å². The minimum absolute atomic E-state index is 0. The number of ether oxygens (including phenoxy) is 1. The van der Waals surface area contributed by atoms with Crippen molar-refractivity contribution in [3.63, 3.8) is 0 Å². The average Bonchev–Trinajstić information content (AvgIpc) is 2.53. The second kappa shape index (κ2) is 9.74. The number of carbonyl (C=O) groups is 1. The molecular weight excluding hydrogens is 312 g/mol. The molecule has 0 radical (unpaired) electrons. The summed E-state index contributed by atoms with van der Waals surface area (Å²) in [7, 11) is 1.79. The Morgan fingerprint density at radius 1 is 1.13 bits per heavy atom. The third-order valence-corrected chi connectivity index (χ3v) is 3.33. The lowest BCUT2D eigenvalue weighted by atomic mass is 10.2. The van der Waals surface area contributed by atoms with Crippen molar-refractivity contribution in [2.75, 3.05) is 32.1 Å². The Morgan fingerprint density at radius 3 is 2.57 bits per heavy atom. The van der Waals surface area contributed by atoms with Crippen LogP contribution in [0.15, 0.2) is 54.6 Å². The largest absolute Gasteiger partial charge is 0.492 e. The number of amides is 1. The zero-order valence-electron chi connectivity index (χ0n) is 13.5. The van der Waals surface area contributed by atoms with Crippen molar-refractivity contribution in [3.05, 3.63) is 60.2 Å². The number of carbonyl (C=O) groups excluding carboxylic acids is 1. The van der Waals surface area contributed by atoms with Crippen molar-refractivity contribution in [1.29, 1.82) is 0 Å². The normalized spacial score (nSPS) is 9.65. The average molecular weight is 335 g/mol. The molecule has 5 heteroatoms. The molecule has 4 nitrogen and oxygen atoms in total. The highest BCUT2D eigenvalue weighted by atomic mass is 35.5. The second-order valence-electron chi connectivity index (χ2n) is 5.20. The van der Waals surface area contributed by atoms with Crippen LogP contribution in [0.3, 0.4) is 0 Å². The maximum absolute atomic E-state index is 12.0. The molecule has 0 saturated heterocycles. The fraction of sp³-hybridized carbons (Fsp3) is 0.278. The number of hydrogen-bond donors (Lipinski definition) is 1. The fourth-order valence-electron chi connectivity index (χ4n) is 2.00. The molecule has 1 N–H and O–H groups in total. The molecule has 2 aromatic rings. The Labute approximate surface area is 143 Å². The minimum Gasteiger partial charge on any atom is -0.492 e. The summed E-state index contributed by atoms with van der Waals surface area (Å²) in [4.78, 5) is 13.7. The van der Waals surface area contributed by atoms with Gasteiger partial charge in [0.25, 0.3) is 0 Å². The van der Waals surface area contributed by atoms with E-state index >= 15 is 0 Å². The lowest BCUT2D eigenvalue weighted by Crippen LogP contribution is -2.35. The van der Waals surface area contributed by atoms with Crippen LogP contribution in [-0.4, -0.2) is 37.6 Å². The summed E-state index contributed by atoms with van der Waals surface area (Å²) in [6.07, 6.45) is 0. The predicted molar refractivity (Wildman–Crippen MR) is 96.5 cm³/mol. The number of para-hydroxylation sites is 1. The van der Waals surface area contributed by atoms with Gasteiger partial charge in [0.1, 0.15) is 12.4 Å². The molecule has 0 unspecified atom stereocenters. The summed E-state index contributed by atoms with van der Waals surface area (Å²) in [5.74, 6) is 0.875. The third-order valence-electron chi connectivity index (χ3n) is 3.33. The molecule has 0 aliphatic rings. The van der Waals surface area contributed by atoms with E-state index in [1.807, 2.05) is 61.5 Å². The maximum Gasteiger partial charge on any atom is 0.241 e. The molecule has 0 bridgehead atoms. The highest BCUT2D eigenvalue weighted by Crippen LogP contribution is 2.12. The van der Waals surface area contributed by atoms with Gasteiger partial charge in [0.2, 0.25) is 5.91 Å². The molecule has 2 rings (SSSR count). The van der Waals surface area contributed by atoms with Crippen molar-refractivity contribution in [3.8, 4) is 5.75 Å². The van der Waals surface area contributed by atoms with Gasteiger partial charge in [-0.1, -0.05) is 30.3 Å². The van der Waals surface area contributed by atoms with E-state index in [0.717, 1.165) is 17.0 Å². The van der Waals surface area contributed by atoms with Crippen LogP contribution >= 0.6 is 12.4 Å². The number of likely N-dealkylation sites (N-methyl/N-ethyl adjacent to an activating group) is 1. The van der Waals surface area contributed by atoms with Crippen LogP contribution in [0, 0.1) is 6.92 Å². The summed E-state index contributed by atoms with van der Waals surface area (Å²) in [6.45, 7) is 3.35. The van der Waals surface area contributed by atoms with Crippen LogP contribution in [0.2, 0.25) is 0 Å². The molecule has 0 atom stereocenters. The van der Waals surface area contributed by atoms with Crippen LogP contribution in [0.1, 0.15) is 5.56 Å². The second-order valence-corrected chi connectivity index (χ2v) is 5.20. The van der Waals surface area contributed by atoms with Gasteiger partial charge < -0.3 is 15.0 Å². The maximum atomic E-state index is 12.0. The van der Waals surface area contributed by atoms with Crippen molar-refractivity contribution in [2.45, 2.75) is 6.92 Å². The number of nitrogens with zero attached hydrogens (tertiary/aromatic N) is 1. The summed E-state index contributed by atoms with van der Waals surface area (Å²) in [6, 6.07) is 17.6. The lowest BCUT2D eigenvalue weighted by Gasteiger charge is -2.18. The summed E-state index contributed by atoms with van der Waals surface area (Å²) >= 11 is 0. The minimum atomic E-state index is 0. The van der Waals surface area contributed by atoms with Crippen molar-refractivity contribution >= 4 is 24.0 Å². The van der Waals surface area contributed by atoms with Gasteiger partial charge >= 0.3 is 0 Å². The predicted octanol–water partition coefficient (Wildman–Crippen LogP) is 3.37. The third kappa shape index (κ3) is 6.61. The summed E-state index contributed by atoms with van der Waals surface area (Å²) in [5, 5.41) is 3.11. The molecule has 23 heavy (non-hydrogen) atoms. The number of nitrogens with one attached hydrogen (secondary N) is 1. The number of anilines is 1. The highest BCUT2D eigenvalue weighted by Gasteiger charge is 2.08. The van der Waals surface area contributed by atoms with Gasteiger partial charge in [-0.25, -0.2) is 0 Å². The van der Waals surface area contributed by atoms with Gasteiger partial charge in [-0.2, -0.15) is 0 Å². The molecule has 0 aliphatic carbocycles. The van der Waals surface area contributed by atoms with E-state index in [0.29, 0.717) is 13.2 Å². The number of halogens is 1. The Balaban J connectivity index is 0.00000264. The van der Waals surface area contributed by atoms with Gasteiger partial charge in [0.05, 0.1) is 13.1 Å². The smallest absolute Gasteiger partial charge is 0.241 e. The molecule has 0 spiro atoms. The molecule has 2 aromatic carbocycles. The van der Waals surface area contributed by atoms with E-state index in [1.54, 1.807) is 11.9 Å². The van der Waals surface area contributed by atoms with Crippen LogP contribution in [0.4, 0.5) is 5.69 Å². The monoisotopic (exact) mass is 334 g/mol. The molecule has 124 valence electrons. The SMILES string of the molecule is Cc1cccc(OCCN(C)C(=O)CNc2ccccc2)c1.Cl. The van der Waals surface area contributed by atoms with E-state index in [9.17, 15) is 4.79 Å². The first kappa shape index (κ1) is 18.8. The molecule has 0 aromatic heterocycles. The molecular formula is C18H23ClN2O2. The number of aryl methyl sites for hydroxylation is 1. The molecule has 0 aliphatic heterocycles. The van der Waals surface area contributed by atoms with Crippen LogP contribution in [-0.2, 0) is 4.79 Å². The number of benzene rings is 2.